The van der Waals surface area contributed by atoms with Crippen LogP contribution in [0, 0.1) is 0 Å². The van der Waals surface area contributed by atoms with Crippen molar-refractivity contribution in [1.82, 2.24) is 10.2 Å². The minimum absolute atomic E-state index is 0.108. The number of amides is 1. The van der Waals surface area contributed by atoms with E-state index in [0.717, 1.165) is 22.4 Å². The Hall–Kier alpha value is -2.86. The molecule has 1 N–H and O–H groups in total. The number of nitrogens with one attached hydrogen (secondary N) is 1. The van der Waals surface area contributed by atoms with Crippen molar-refractivity contribution in [3.63, 3.8) is 0 Å². The second kappa shape index (κ2) is 9.37. The molecule has 0 spiro atoms. The molecule has 0 aliphatic carbocycles. The number of methoxy groups -OCH3 is 2. The number of carbonyl (C=O) groups is 2. The highest BCUT2D eigenvalue weighted by atomic mass is 16.5. The summed E-state index contributed by atoms with van der Waals surface area (Å²) < 4.78 is 10.3. The summed E-state index contributed by atoms with van der Waals surface area (Å²) in [6.07, 6.45) is 1.23. The Labute approximate surface area is 165 Å². The Morgan fingerprint density at radius 3 is 2.54 bits per heavy atom. The fourth-order valence-electron chi connectivity index (χ4n) is 3.60. The summed E-state index contributed by atoms with van der Waals surface area (Å²) in [5.41, 5.74) is 3.32. The maximum absolute atomic E-state index is 12.5. The van der Waals surface area contributed by atoms with Gasteiger partial charge in [-0.2, -0.15) is 0 Å². The first kappa shape index (κ1) is 19.9. The van der Waals surface area contributed by atoms with Crippen LogP contribution in [0.25, 0.3) is 0 Å². The van der Waals surface area contributed by atoms with Crippen molar-refractivity contribution in [2.45, 2.75) is 25.4 Å². The highest BCUT2D eigenvalue weighted by molar-refractivity contribution is 5.81. The lowest BCUT2D eigenvalue weighted by Gasteiger charge is -2.34. The number of para-hydroxylation sites is 1. The summed E-state index contributed by atoms with van der Waals surface area (Å²) in [4.78, 5) is 26.6. The number of hydrogen-bond donors (Lipinski definition) is 1. The third-order valence-corrected chi connectivity index (χ3v) is 5.07. The van der Waals surface area contributed by atoms with E-state index in [-0.39, 0.29) is 18.4 Å². The lowest BCUT2D eigenvalue weighted by Crippen LogP contribution is -2.50. The van der Waals surface area contributed by atoms with E-state index in [1.807, 2.05) is 53.4 Å². The molecule has 148 valence electrons. The average molecular weight is 382 g/mol. The van der Waals surface area contributed by atoms with Crippen molar-refractivity contribution in [3.05, 3.63) is 65.2 Å². The SMILES string of the molecule is COC(=O)[C@@H]1Cc2ccccc2CN1CC(=O)NCCc1ccccc1OC. The second-order valence-electron chi connectivity index (χ2n) is 6.83. The van der Waals surface area contributed by atoms with E-state index in [9.17, 15) is 9.59 Å². The van der Waals surface area contributed by atoms with Gasteiger partial charge in [0.1, 0.15) is 11.8 Å². The van der Waals surface area contributed by atoms with Crippen LogP contribution in [0.3, 0.4) is 0 Å². The Kier molecular flexibility index (Phi) is 6.66. The summed E-state index contributed by atoms with van der Waals surface area (Å²) in [6.45, 7) is 1.21. The van der Waals surface area contributed by atoms with Gasteiger partial charge in [-0.05, 0) is 35.6 Å². The van der Waals surface area contributed by atoms with Crippen LogP contribution in [0.15, 0.2) is 48.5 Å². The topological polar surface area (TPSA) is 67.9 Å². The molecule has 0 radical (unpaired) electrons. The molecule has 0 saturated heterocycles. The molecule has 28 heavy (non-hydrogen) atoms. The Balaban J connectivity index is 1.59. The second-order valence-corrected chi connectivity index (χ2v) is 6.83. The molecule has 6 heteroatoms. The zero-order chi connectivity index (χ0) is 19.9. The van der Waals surface area contributed by atoms with E-state index in [1.54, 1.807) is 7.11 Å². The number of esters is 1. The van der Waals surface area contributed by atoms with Gasteiger partial charge in [0.25, 0.3) is 0 Å². The van der Waals surface area contributed by atoms with Gasteiger partial charge in [-0.1, -0.05) is 42.5 Å². The number of ether oxygens (including phenoxy) is 2. The van der Waals surface area contributed by atoms with Crippen molar-refractivity contribution >= 4 is 11.9 Å². The molecule has 1 aliphatic heterocycles. The van der Waals surface area contributed by atoms with Crippen LogP contribution in [-0.2, 0) is 33.7 Å². The summed E-state index contributed by atoms with van der Waals surface area (Å²) >= 11 is 0. The predicted octanol–water partition coefficient (Wildman–Crippen LogP) is 1.95. The fourth-order valence-corrected chi connectivity index (χ4v) is 3.60. The van der Waals surface area contributed by atoms with Crippen molar-refractivity contribution in [2.75, 3.05) is 27.3 Å². The maximum Gasteiger partial charge on any atom is 0.323 e. The average Bonchev–Trinajstić information content (AvgIpc) is 2.73. The molecule has 1 heterocycles. The molecule has 0 bridgehead atoms. The van der Waals surface area contributed by atoms with Crippen LogP contribution in [0.2, 0.25) is 0 Å². The van der Waals surface area contributed by atoms with E-state index in [2.05, 4.69) is 5.32 Å². The van der Waals surface area contributed by atoms with Gasteiger partial charge in [0.15, 0.2) is 0 Å². The van der Waals surface area contributed by atoms with Crippen molar-refractivity contribution in [3.8, 4) is 5.75 Å². The van der Waals surface area contributed by atoms with E-state index >= 15 is 0 Å². The monoisotopic (exact) mass is 382 g/mol. The molecule has 2 aromatic carbocycles. The molecular weight excluding hydrogens is 356 g/mol. The first-order valence-electron chi connectivity index (χ1n) is 9.39. The van der Waals surface area contributed by atoms with Gasteiger partial charge >= 0.3 is 5.97 Å². The van der Waals surface area contributed by atoms with Crippen molar-refractivity contribution in [1.29, 1.82) is 0 Å². The lowest BCUT2D eigenvalue weighted by molar-refractivity contribution is -0.148. The van der Waals surface area contributed by atoms with E-state index in [0.29, 0.717) is 25.9 Å². The van der Waals surface area contributed by atoms with Crippen LogP contribution in [0.4, 0.5) is 0 Å². The highest BCUT2D eigenvalue weighted by Crippen LogP contribution is 2.23. The molecule has 0 fully saturated rings. The number of benzene rings is 2. The quantitative estimate of drug-likeness (QED) is 0.742. The largest absolute Gasteiger partial charge is 0.496 e. The smallest absolute Gasteiger partial charge is 0.323 e. The van der Waals surface area contributed by atoms with Crippen molar-refractivity contribution in [2.24, 2.45) is 0 Å². The molecule has 0 unspecified atom stereocenters. The first-order valence-corrected chi connectivity index (χ1v) is 9.39. The molecule has 0 aromatic heterocycles. The summed E-state index contributed by atoms with van der Waals surface area (Å²) in [7, 11) is 3.02. The van der Waals surface area contributed by atoms with Crippen LogP contribution in [0.1, 0.15) is 16.7 Å². The zero-order valence-electron chi connectivity index (χ0n) is 16.3. The molecule has 6 nitrogen and oxygen atoms in total. The summed E-state index contributed by atoms with van der Waals surface area (Å²) in [5, 5.41) is 2.94. The van der Waals surface area contributed by atoms with E-state index in [4.69, 9.17) is 9.47 Å². The molecule has 1 aliphatic rings. The van der Waals surface area contributed by atoms with Crippen molar-refractivity contribution < 1.29 is 19.1 Å². The molecule has 0 saturated carbocycles. The minimum atomic E-state index is -0.445. The number of hydrogen-bond acceptors (Lipinski definition) is 5. The fraction of sp³-hybridized carbons (Fsp3) is 0.364. The Morgan fingerprint density at radius 1 is 1.07 bits per heavy atom. The van der Waals surface area contributed by atoms with Gasteiger partial charge in [0.05, 0.1) is 20.8 Å². The highest BCUT2D eigenvalue weighted by Gasteiger charge is 2.33. The standard InChI is InChI=1S/C22H26N2O4/c1-27-20-10-6-5-7-16(20)11-12-23-21(25)15-24-14-18-9-4-3-8-17(18)13-19(24)22(26)28-2/h3-10,19H,11-15H2,1-2H3,(H,23,25)/t19-/m0/s1. The number of carbonyl (C=O) groups excluding carboxylic acids is 2. The third-order valence-electron chi connectivity index (χ3n) is 5.07. The van der Waals surface area contributed by atoms with Gasteiger partial charge in [0.2, 0.25) is 5.91 Å². The van der Waals surface area contributed by atoms with Gasteiger partial charge in [0, 0.05) is 13.1 Å². The molecular formula is C22H26N2O4. The maximum atomic E-state index is 12.5. The molecule has 1 atom stereocenters. The summed E-state index contributed by atoms with van der Waals surface area (Å²) in [6, 6.07) is 15.3. The lowest BCUT2D eigenvalue weighted by atomic mass is 9.94. The first-order chi connectivity index (χ1) is 13.6. The normalized spacial score (nSPS) is 16.1. The van der Waals surface area contributed by atoms with Crippen LogP contribution in [-0.4, -0.2) is 50.1 Å². The Bertz CT molecular complexity index is 837. The third kappa shape index (κ3) is 4.70. The van der Waals surface area contributed by atoms with Crippen LogP contribution < -0.4 is 10.1 Å². The van der Waals surface area contributed by atoms with Gasteiger partial charge in [-0.3, -0.25) is 14.5 Å². The number of rotatable bonds is 7. The van der Waals surface area contributed by atoms with Gasteiger partial charge in [-0.25, -0.2) is 0 Å². The number of fused-ring (bicyclic) bond motifs is 1. The van der Waals surface area contributed by atoms with Gasteiger partial charge in [-0.15, -0.1) is 0 Å². The van der Waals surface area contributed by atoms with Crippen LogP contribution in [0.5, 0.6) is 5.75 Å². The van der Waals surface area contributed by atoms with Crippen LogP contribution >= 0.6 is 0 Å². The Morgan fingerprint density at radius 2 is 1.79 bits per heavy atom. The molecule has 1 amide bonds. The number of nitrogens with zero attached hydrogens (tertiary/aromatic N) is 1. The molecule has 2 aromatic rings. The zero-order valence-corrected chi connectivity index (χ0v) is 16.3. The van der Waals surface area contributed by atoms with E-state index in [1.165, 1.54) is 7.11 Å². The van der Waals surface area contributed by atoms with E-state index < -0.39 is 6.04 Å². The minimum Gasteiger partial charge on any atom is -0.496 e. The van der Waals surface area contributed by atoms with Gasteiger partial charge < -0.3 is 14.8 Å². The summed E-state index contributed by atoms with van der Waals surface area (Å²) in [5.74, 6) is 0.398. The predicted molar refractivity (Wildman–Crippen MR) is 106 cm³/mol. The molecule has 3 rings (SSSR count).